The van der Waals surface area contributed by atoms with Gasteiger partial charge in [0.1, 0.15) is 5.76 Å². The Balaban J connectivity index is 0.00000261. The Kier molecular flexibility index (Phi) is 9.68. The molecule has 0 bridgehead atoms. The molecule has 1 aliphatic heterocycles. The lowest BCUT2D eigenvalue weighted by Crippen LogP contribution is -2.44. The molecule has 1 unspecified atom stereocenters. The summed E-state index contributed by atoms with van der Waals surface area (Å²) in [5, 5.41) is 6.86. The van der Waals surface area contributed by atoms with Crippen LogP contribution in [-0.2, 0) is 6.54 Å². The van der Waals surface area contributed by atoms with E-state index in [1.54, 1.807) is 6.26 Å². The molecular formula is C19H31IN6O. The number of furan rings is 1. The maximum absolute atomic E-state index is 5.70. The van der Waals surface area contributed by atoms with Crippen LogP contribution in [-0.4, -0.2) is 53.6 Å². The molecule has 0 radical (unpaired) electrons. The Bertz CT molecular complexity index is 637. The van der Waals surface area contributed by atoms with Crippen LogP contribution in [0.1, 0.15) is 37.5 Å². The molecule has 3 heterocycles. The fourth-order valence-electron chi connectivity index (χ4n) is 3.42. The van der Waals surface area contributed by atoms with Crippen LogP contribution in [0.5, 0.6) is 0 Å². The van der Waals surface area contributed by atoms with Crippen LogP contribution >= 0.6 is 24.0 Å². The first-order chi connectivity index (χ1) is 12.9. The van der Waals surface area contributed by atoms with Crippen molar-refractivity contribution in [1.82, 2.24) is 25.1 Å². The average molecular weight is 486 g/mol. The van der Waals surface area contributed by atoms with Crippen molar-refractivity contribution < 1.29 is 4.42 Å². The van der Waals surface area contributed by atoms with Gasteiger partial charge in [-0.3, -0.25) is 9.89 Å². The summed E-state index contributed by atoms with van der Waals surface area (Å²) in [4.78, 5) is 10.9. The summed E-state index contributed by atoms with van der Waals surface area (Å²) in [5.74, 6) is 1.86. The third-order valence-corrected chi connectivity index (χ3v) is 4.83. The summed E-state index contributed by atoms with van der Waals surface area (Å²) in [6.07, 6.45) is 12.3. The zero-order valence-corrected chi connectivity index (χ0v) is 18.3. The van der Waals surface area contributed by atoms with Crippen molar-refractivity contribution in [3.8, 4) is 0 Å². The predicted molar refractivity (Wildman–Crippen MR) is 118 cm³/mol. The molecule has 0 aromatic carbocycles. The molecule has 8 heteroatoms. The fraction of sp³-hybridized carbons (Fsp3) is 0.579. The molecule has 2 aromatic heterocycles. The molecule has 0 saturated carbocycles. The summed E-state index contributed by atoms with van der Waals surface area (Å²) in [5.41, 5.74) is 0. The maximum Gasteiger partial charge on any atom is 0.191 e. The Labute approximate surface area is 178 Å². The minimum atomic E-state index is 0. The standard InChI is InChI=1S/C19H30N6O.HI/c1-20-19(22-8-6-10-24-13-9-21-16-24)23-15-17(18-7-5-14-26-18)25-11-3-2-4-12-25;/h5,7,9,13-14,16-17H,2-4,6,8,10-12,15H2,1H3,(H2,20,22,23);1H. The first-order valence-corrected chi connectivity index (χ1v) is 9.54. The smallest absolute Gasteiger partial charge is 0.191 e. The Hall–Kier alpha value is -1.55. The Morgan fingerprint density at radius 1 is 1.30 bits per heavy atom. The van der Waals surface area contributed by atoms with Crippen molar-refractivity contribution in [2.45, 2.75) is 38.3 Å². The van der Waals surface area contributed by atoms with Gasteiger partial charge in [-0.05, 0) is 44.5 Å². The number of aryl methyl sites for hydroxylation is 1. The van der Waals surface area contributed by atoms with E-state index in [-0.39, 0.29) is 30.0 Å². The number of aliphatic imine (C=N–C) groups is 1. The summed E-state index contributed by atoms with van der Waals surface area (Å²) in [6.45, 7) is 4.86. The number of hydrogen-bond donors (Lipinski definition) is 2. The van der Waals surface area contributed by atoms with Crippen LogP contribution in [0.25, 0.3) is 0 Å². The lowest BCUT2D eigenvalue weighted by Gasteiger charge is -2.33. The molecule has 1 aliphatic rings. The van der Waals surface area contributed by atoms with Gasteiger partial charge in [-0.25, -0.2) is 4.98 Å². The molecule has 0 aliphatic carbocycles. The van der Waals surface area contributed by atoms with Crippen LogP contribution in [0.4, 0.5) is 0 Å². The highest BCUT2D eigenvalue weighted by Crippen LogP contribution is 2.24. The van der Waals surface area contributed by atoms with E-state index in [2.05, 4.69) is 36.1 Å². The quantitative estimate of drug-likeness (QED) is 0.260. The molecule has 27 heavy (non-hydrogen) atoms. The normalized spacial score (nSPS) is 16.6. The van der Waals surface area contributed by atoms with E-state index in [4.69, 9.17) is 4.42 Å². The molecule has 3 rings (SSSR count). The summed E-state index contributed by atoms with van der Waals surface area (Å²) in [6, 6.07) is 4.28. The molecule has 1 saturated heterocycles. The van der Waals surface area contributed by atoms with E-state index < -0.39 is 0 Å². The molecule has 2 aromatic rings. The minimum Gasteiger partial charge on any atom is -0.468 e. The molecule has 1 fully saturated rings. The van der Waals surface area contributed by atoms with Gasteiger partial charge in [0.2, 0.25) is 0 Å². The number of piperidine rings is 1. The predicted octanol–water partition coefficient (Wildman–Crippen LogP) is 2.88. The summed E-state index contributed by atoms with van der Waals surface area (Å²) >= 11 is 0. The zero-order valence-electron chi connectivity index (χ0n) is 16.0. The minimum absolute atomic E-state index is 0. The first kappa shape index (κ1) is 21.7. The highest BCUT2D eigenvalue weighted by atomic mass is 127. The number of aromatic nitrogens is 2. The SMILES string of the molecule is CN=C(NCCCn1ccnc1)NCC(c1ccco1)N1CCCCC1.I. The average Bonchev–Trinajstić information content (AvgIpc) is 3.38. The number of nitrogens with one attached hydrogen (secondary N) is 2. The van der Waals surface area contributed by atoms with Crippen molar-refractivity contribution in [3.63, 3.8) is 0 Å². The molecule has 0 spiro atoms. The number of imidazole rings is 1. The van der Waals surface area contributed by atoms with Crippen molar-refractivity contribution >= 4 is 29.9 Å². The van der Waals surface area contributed by atoms with Crippen molar-refractivity contribution in [1.29, 1.82) is 0 Å². The maximum atomic E-state index is 5.70. The van der Waals surface area contributed by atoms with Crippen LogP contribution in [0.2, 0.25) is 0 Å². The van der Waals surface area contributed by atoms with E-state index in [1.807, 2.05) is 31.8 Å². The molecule has 1 atom stereocenters. The molecule has 150 valence electrons. The van der Waals surface area contributed by atoms with E-state index in [0.29, 0.717) is 0 Å². The highest BCUT2D eigenvalue weighted by molar-refractivity contribution is 14.0. The zero-order chi connectivity index (χ0) is 18.0. The van der Waals surface area contributed by atoms with Crippen LogP contribution in [0.15, 0.2) is 46.5 Å². The lowest BCUT2D eigenvalue weighted by molar-refractivity contribution is 0.146. The summed E-state index contributed by atoms with van der Waals surface area (Å²) < 4.78 is 7.79. The monoisotopic (exact) mass is 486 g/mol. The number of likely N-dealkylation sites (tertiary alicyclic amines) is 1. The van der Waals surface area contributed by atoms with E-state index in [1.165, 1.54) is 19.3 Å². The van der Waals surface area contributed by atoms with Crippen LogP contribution in [0.3, 0.4) is 0 Å². The second kappa shape index (κ2) is 12.0. The van der Waals surface area contributed by atoms with Gasteiger partial charge in [0.15, 0.2) is 5.96 Å². The molecule has 7 nitrogen and oxygen atoms in total. The first-order valence-electron chi connectivity index (χ1n) is 9.54. The van der Waals surface area contributed by atoms with Gasteiger partial charge < -0.3 is 19.6 Å². The van der Waals surface area contributed by atoms with E-state index in [0.717, 1.165) is 50.9 Å². The van der Waals surface area contributed by atoms with Crippen molar-refractivity contribution in [3.05, 3.63) is 42.9 Å². The third kappa shape index (κ3) is 6.84. The van der Waals surface area contributed by atoms with Gasteiger partial charge in [0.05, 0.1) is 18.6 Å². The van der Waals surface area contributed by atoms with Gasteiger partial charge in [0.25, 0.3) is 0 Å². The number of nitrogens with zero attached hydrogens (tertiary/aromatic N) is 4. The fourth-order valence-corrected chi connectivity index (χ4v) is 3.42. The van der Waals surface area contributed by atoms with Gasteiger partial charge in [-0.15, -0.1) is 24.0 Å². The van der Waals surface area contributed by atoms with Crippen LogP contribution < -0.4 is 10.6 Å². The third-order valence-electron chi connectivity index (χ3n) is 4.83. The summed E-state index contributed by atoms with van der Waals surface area (Å²) in [7, 11) is 1.81. The Morgan fingerprint density at radius 3 is 2.81 bits per heavy atom. The van der Waals surface area contributed by atoms with Crippen LogP contribution in [0, 0.1) is 0 Å². The van der Waals surface area contributed by atoms with E-state index in [9.17, 15) is 0 Å². The molecular weight excluding hydrogens is 455 g/mol. The van der Waals surface area contributed by atoms with Gasteiger partial charge in [0, 0.05) is 39.1 Å². The van der Waals surface area contributed by atoms with Crippen molar-refractivity contribution in [2.75, 3.05) is 33.2 Å². The van der Waals surface area contributed by atoms with Gasteiger partial charge in [-0.1, -0.05) is 6.42 Å². The number of guanidine groups is 1. The topological polar surface area (TPSA) is 70.6 Å². The largest absolute Gasteiger partial charge is 0.468 e. The molecule has 2 N–H and O–H groups in total. The number of halogens is 1. The second-order valence-electron chi connectivity index (χ2n) is 6.66. The number of hydrogen-bond acceptors (Lipinski definition) is 4. The van der Waals surface area contributed by atoms with Crippen molar-refractivity contribution in [2.24, 2.45) is 4.99 Å². The Morgan fingerprint density at radius 2 is 2.15 bits per heavy atom. The second-order valence-corrected chi connectivity index (χ2v) is 6.66. The van der Waals surface area contributed by atoms with Gasteiger partial charge >= 0.3 is 0 Å². The number of rotatable bonds is 8. The van der Waals surface area contributed by atoms with E-state index >= 15 is 0 Å². The van der Waals surface area contributed by atoms with Gasteiger partial charge in [-0.2, -0.15) is 0 Å². The highest BCUT2D eigenvalue weighted by Gasteiger charge is 2.24. The lowest BCUT2D eigenvalue weighted by atomic mass is 10.1. The molecule has 0 amide bonds.